The van der Waals surface area contributed by atoms with Crippen LogP contribution < -0.4 is 10.1 Å². The van der Waals surface area contributed by atoms with Gasteiger partial charge in [0.1, 0.15) is 6.33 Å². The summed E-state index contributed by atoms with van der Waals surface area (Å²) in [6, 6.07) is 10.7. The third-order valence-electron chi connectivity index (χ3n) is 3.21. The zero-order valence-electron chi connectivity index (χ0n) is 12.1. The maximum Gasteiger partial charge on any atom is 0.300 e. The molecular formula is C15H17N5O. The molecule has 3 rings (SSSR count). The van der Waals surface area contributed by atoms with Crippen LogP contribution in [0.1, 0.15) is 12.5 Å². The molecule has 1 N–H and O–H groups in total. The number of ether oxygens (including phenoxy) is 1. The van der Waals surface area contributed by atoms with E-state index < -0.39 is 0 Å². The summed E-state index contributed by atoms with van der Waals surface area (Å²) in [7, 11) is 1.61. The molecule has 0 bridgehead atoms. The fourth-order valence-electron chi connectivity index (χ4n) is 2.28. The molecule has 0 aromatic heterocycles. The first kappa shape index (κ1) is 13.4. The van der Waals surface area contributed by atoms with E-state index in [0.29, 0.717) is 18.4 Å². The molecule has 0 amide bonds. The number of hydrogen-bond acceptors (Lipinski definition) is 5. The minimum atomic E-state index is 0.516. The maximum atomic E-state index is 5.43. The molecule has 0 saturated carbocycles. The molecule has 2 aliphatic rings. The second-order valence-electron chi connectivity index (χ2n) is 4.60. The Labute approximate surface area is 123 Å². The molecule has 2 heterocycles. The second kappa shape index (κ2) is 5.78. The zero-order chi connectivity index (χ0) is 14.7. The van der Waals surface area contributed by atoms with Gasteiger partial charge in [0.2, 0.25) is 0 Å². The molecule has 108 valence electrons. The van der Waals surface area contributed by atoms with Gasteiger partial charge >= 0.3 is 0 Å². The topological polar surface area (TPSA) is 64.9 Å². The lowest BCUT2D eigenvalue weighted by Crippen LogP contribution is -2.14. The fraction of sp³-hybridized carbons (Fsp3) is 0.267. The molecule has 0 aliphatic carbocycles. The van der Waals surface area contributed by atoms with Crippen molar-refractivity contribution in [3.05, 3.63) is 42.2 Å². The lowest BCUT2D eigenvalue weighted by molar-refractivity contribution is 0.355. The van der Waals surface area contributed by atoms with Crippen LogP contribution in [0.5, 0.6) is 6.01 Å². The van der Waals surface area contributed by atoms with Gasteiger partial charge in [-0.3, -0.25) is 4.57 Å². The predicted molar refractivity (Wildman–Crippen MR) is 80.7 cm³/mol. The molecule has 6 nitrogen and oxygen atoms in total. The van der Waals surface area contributed by atoms with E-state index in [0.717, 1.165) is 23.6 Å². The molecule has 0 saturated heterocycles. The lowest BCUT2D eigenvalue weighted by Gasteiger charge is -2.17. The van der Waals surface area contributed by atoms with Gasteiger partial charge in [-0.25, -0.2) is 9.97 Å². The molecule has 21 heavy (non-hydrogen) atoms. The number of imidazole rings is 1. The van der Waals surface area contributed by atoms with Crippen molar-refractivity contribution >= 4 is 5.82 Å². The largest absolute Gasteiger partial charge is 0.468 e. The molecule has 2 aliphatic heterocycles. The summed E-state index contributed by atoms with van der Waals surface area (Å²) >= 11 is 0. The van der Waals surface area contributed by atoms with Gasteiger partial charge in [0, 0.05) is 6.54 Å². The van der Waals surface area contributed by atoms with Gasteiger partial charge in [-0.2, -0.15) is 4.98 Å². The highest BCUT2D eigenvalue weighted by molar-refractivity contribution is 5.68. The van der Waals surface area contributed by atoms with Crippen LogP contribution in [0.3, 0.4) is 0 Å². The monoisotopic (exact) mass is 283 g/mol. The molecule has 1 aromatic rings. The van der Waals surface area contributed by atoms with Crippen LogP contribution in [0.25, 0.3) is 11.5 Å². The number of rotatable bonds is 5. The number of nitrogens with zero attached hydrogens (tertiary/aromatic N) is 4. The fourth-order valence-corrected chi connectivity index (χ4v) is 2.28. The molecule has 0 spiro atoms. The lowest BCUT2D eigenvalue weighted by atomic mass is 10.2. The van der Waals surface area contributed by atoms with Crippen molar-refractivity contribution in [3.63, 3.8) is 0 Å². The summed E-state index contributed by atoms with van der Waals surface area (Å²) in [6.45, 7) is 3.42. The van der Waals surface area contributed by atoms with E-state index in [-0.39, 0.29) is 0 Å². The van der Waals surface area contributed by atoms with Gasteiger partial charge in [-0.1, -0.05) is 30.3 Å². The van der Waals surface area contributed by atoms with E-state index >= 15 is 0 Å². The molecule has 1 aromatic carbocycles. The van der Waals surface area contributed by atoms with Crippen molar-refractivity contribution in [2.24, 2.45) is 0 Å². The van der Waals surface area contributed by atoms with Crippen molar-refractivity contribution in [1.82, 2.24) is 19.5 Å². The Morgan fingerprint density at radius 1 is 1.19 bits per heavy atom. The first-order valence-corrected chi connectivity index (χ1v) is 6.86. The van der Waals surface area contributed by atoms with Crippen LogP contribution in [0.15, 0.2) is 36.7 Å². The van der Waals surface area contributed by atoms with E-state index in [9.17, 15) is 0 Å². The number of fused-ring (bicyclic) bond motifs is 1. The molecule has 6 heteroatoms. The summed E-state index contributed by atoms with van der Waals surface area (Å²) in [5.41, 5.74) is 1.91. The zero-order valence-corrected chi connectivity index (χ0v) is 12.1. The molecule has 0 unspecified atom stereocenters. The number of methoxy groups -OCH3 is 1. The SMILES string of the molecule is CCNc1nc(OC)n(Cc2ccccc2)c2ncnc1-2. The van der Waals surface area contributed by atoms with Crippen LogP contribution in [-0.2, 0) is 6.54 Å². The highest BCUT2D eigenvalue weighted by atomic mass is 16.5. The Kier molecular flexibility index (Phi) is 3.68. The summed E-state index contributed by atoms with van der Waals surface area (Å²) in [5.74, 6) is 1.47. The third-order valence-corrected chi connectivity index (χ3v) is 3.21. The predicted octanol–water partition coefficient (Wildman–Crippen LogP) is 2.27. The third kappa shape index (κ3) is 2.52. The van der Waals surface area contributed by atoms with Crippen LogP contribution in [0, 0.1) is 0 Å². The van der Waals surface area contributed by atoms with Crippen molar-refractivity contribution < 1.29 is 4.74 Å². The van der Waals surface area contributed by atoms with Crippen LogP contribution in [-0.4, -0.2) is 33.2 Å². The van der Waals surface area contributed by atoms with Crippen molar-refractivity contribution in [2.45, 2.75) is 13.5 Å². The number of benzene rings is 1. The quantitative estimate of drug-likeness (QED) is 0.778. The second-order valence-corrected chi connectivity index (χ2v) is 4.60. The number of aromatic nitrogens is 4. The van der Waals surface area contributed by atoms with Crippen LogP contribution >= 0.6 is 0 Å². The Morgan fingerprint density at radius 2 is 2.00 bits per heavy atom. The smallest absolute Gasteiger partial charge is 0.300 e. The highest BCUT2D eigenvalue weighted by Crippen LogP contribution is 2.29. The van der Waals surface area contributed by atoms with Crippen LogP contribution in [0.4, 0.5) is 5.82 Å². The normalized spacial score (nSPS) is 10.8. The summed E-state index contributed by atoms with van der Waals surface area (Å²) in [6.07, 6.45) is 1.55. The van der Waals surface area contributed by atoms with Gasteiger partial charge in [0.25, 0.3) is 6.01 Å². The minimum absolute atomic E-state index is 0.516. The van der Waals surface area contributed by atoms with Gasteiger partial charge in [-0.15, -0.1) is 0 Å². The first-order valence-electron chi connectivity index (χ1n) is 6.86. The molecular weight excluding hydrogens is 266 g/mol. The number of anilines is 1. The van der Waals surface area contributed by atoms with E-state index in [1.165, 1.54) is 0 Å². The van der Waals surface area contributed by atoms with Crippen molar-refractivity contribution in [3.8, 4) is 17.5 Å². The standard InChI is InChI=1S/C15H17N5O/c1-3-16-13-12-14(18-10-17-12)20(15(19-13)21-2)9-11-7-5-4-6-8-11/h4-8,10,16H,3,9H2,1-2H3. The Morgan fingerprint density at radius 3 is 2.71 bits per heavy atom. The summed E-state index contributed by atoms with van der Waals surface area (Å²) in [4.78, 5) is 13.2. The minimum Gasteiger partial charge on any atom is -0.468 e. The first-order chi connectivity index (χ1) is 10.3. The number of hydrogen-bond donors (Lipinski definition) is 1. The van der Waals surface area contributed by atoms with Gasteiger partial charge in [0.05, 0.1) is 13.7 Å². The van der Waals surface area contributed by atoms with E-state index in [1.54, 1.807) is 13.4 Å². The molecule has 0 atom stereocenters. The van der Waals surface area contributed by atoms with E-state index in [2.05, 4.69) is 32.4 Å². The average Bonchev–Trinajstić information content (AvgIpc) is 3.00. The van der Waals surface area contributed by atoms with Gasteiger partial charge in [0.15, 0.2) is 17.3 Å². The van der Waals surface area contributed by atoms with E-state index in [4.69, 9.17) is 4.74 Å². The van der Waals surface area contributed by atoms with Gasteiger partial charge in [-0.05, 0) is 12.5 Å². The van der Waals surface area contributed by atoms with Crippen molar-refractivity contribution in [1.29, 1.82) is 0 Å². The number of nitrogens with one attached hydrogen (secondary N) is 1. The summed E-state index contributed by atoms with van der Waals surface area (Å²) in [5, 5.41) is 3.20. The maximum absolute atomic E-state index is 5.43. The molecule has 0 fully saturated rings. The average molecular weight is 283 g/mol. The van der Waals surface area contributed by atoms with Crippen molar-refractivity contribution in [2.75, 3.05) is 19.0 Å². The van der Waals surface area contributed by atoms with Crippen LogP contribution in [0.2, 0.25) is 0 Å². The Hall–Kier alpha value is -2.63. The van der Waals surface area contributed by atoms with E-state index in [1.807, 2.05) is 29.7 Å². The molecule has 0 radical (unpaired) electrons. The Balaban J connectivity index is 2.09. The Bertz CT molecular complexity index is 695. The highest BCUT2D eigenvalue weighted by Gasteiger charge is 2.21. The summed E-state index contributed by atoms with van der Waals surface area (Å²) < 4.78 is 7.36. The van der Waals surface area contributed by atoms with Gasteiger partial charge < -0.3 is 10.1 Å².